The number of hydrogen-bond donors (Lipinski definition) is 0. The first-order valence-corrected chi connectivity index (χ1v) is 9.38. The Labute approximate surface area is 161 Å². The summed E-state index contributed by atoms with van der Waals surface area (Å²) in [4.78, 5) is 12.9. The van der Waals surface area contributed by atoms with Crippen LogP contribution in [0.5, 0.6) is 0 Å². The van der Waals surface area contributed by atoms with Gasteiger partial charge in [-0.15, -0.1) is 0 Å². The summed E-state index contributed by atoms with van der Waals surface area (Å²) >= 11 is 0. The van der Waals surface area contributed by atoms with E-state index in [4.69, 9.17) is 0 Å². The minimum absolute atomic E-state index is 0.128. The fourth-order valence-electron chi connectivity index (χ4n) is 3.07. The minimum atomic E-state index is -0.128. The van der Waals surface area contributed by atoms with Gasteiger partial charge in [0.05, 0.1) is 5.71 Å². The third-order valence-electron chi connectivity index (χ3n) is 4.59. The van der Waals surface area contributed by atoms with E-state index in [1.807, 2.05) is 32.2 Å². The average molecular weight is 365 g/mol. The molecule has 1 heterocycles. The van der Waals surface area contributed by atoms with Crippen molar-refractivity contribution in [1.82, 2.24) is 9.97 Å². The van der Waals surface area contributed by atoms with E-state index < -0.39 is 0 Å². The molecule has 0 aliphatic carbocycles. The van der Waals surface area contributed by atoms with Crippen LogP contribution in [-0.2, 0) is 6.42 Å². The number of halogens is 1. The van der Waals surface area contributed by atoms with Crippen LogP contribution in [0.1, 0.15) is 62.0 Å². The van der Waals surface area contributed by atoms with Gasteiger partial charge in [-0.05, 0) is 67.0 Å². The van der Waals surface area contributed by atoms with Gasteiger partial charge >= 0.3 is 0 Å². The standard InChI is InChI=1S/C23H28FN3/c1-6-9-20-14-22(24)17(4)13-21(20)16(3)12-19(7-2)15-27-18(5)23-25-10-8-11-26-23/h7-8,10-11,13-16H,2,6,9,12H2,1,3-5H3/b19-15+,27-18+. The number of hydrogen-bond acceptors (Lipinski definition) is 3. The minimum Gasteiger partial charge on any atom is -0.257 e. The van der Waals surface area contributed by atoms with E-state index in [0.29, 0.717) is 11.4 Å². The fourth-order valence-corrected chi connectivity index (χ4v) is 3.07. The predicted octanol–water partition coefficient (Wildman–Crippen LogP) is 5.95. The third kappa shape index (κ3) is 5.68. The Bertz CT molecular complexity index is 838. The van der Waals surface area contributed by atoms with Crippen LogP contribution in [0, 0.1) is 12.7 Å². The van der Waals surface area contributed by atoms with Gasteiger partial charge in [-0.1, -0.05) is 39.0 Å². The van der Waals surface area contributed by atoms with Crippen molar-refractivity contribution in [3.8, 4) is 0 Å². The van der Waals surface area contributed by atoms with Gasteiger partial charge in [-0.3, -0.25) is 4.99 Å². The molecule has 0 bridgehead atoms. The van der Waals surface area contributed by atoms with Gasteiger partial charge in [-0.2, -0.15) is 0 Å². The third-order valence-corrected chi connectivity index (χ3v) is 4.59. The molecule has 1 unspecified atom stereocenters. The van der Waals surface area contributed by atoms with Crippen molar-refractivity contribution in [1.29, 1.82) is 0 Å². The summed E-state index contributed by atoms with van der Waals surface area (Å²) in [6.07, 6.45) is 9.72. The van der Waals surface area contributed by atoms with E-state index in [2.05, 4.69) is 35.4 Å². The Hall–Kier alpha value is -2.62. The molecule has 0 amide bonds. The van der Waals surface area contributed by atoms with Crippen molar-refractivity contribution in [2.75, 3.05) is 0 Å². The first-order chi connectivity index (χ1) is 13.0. The van der Waals surface area contributed by atoms with Crippen molar-refractivity contribution in [3.63, 3.8) is 0 Å². The van der Waals surface area contributed by atoms with Gasteiger partial charge in [0.25, 0.3) is 0 Å². The van der Waals surface area contributed by atoms with Gasteiger partial charge in [0.15, 0.2) is 5.82 Å². The highest BCUT2D eigenvalue weighted by Gasteiger charge is 2.14. The molecule has 1 atom stereocenters. The molecular weight excluding hydrogens is 337 g/mol. The van der Waals surface area contributed by atoms with Gasteiger partial charge < -0.3 is 0 Å². The molecule has 1 aromatic heterocycles. The molecule has 2 rings (SSSR count). The van der Waals surface area contributed by atoms with E-state index in [1.54, 1.807) is 24.5 Å². The van der Waals surface area contributed by atoms with Crippen molar-refractivity contribution in [2.24, 2.45) is 4.99 Å². The molecule has 4 heteroatoms. The maximum absolute atomic E-state index is 14.0. The summed E-state index contributed by atoms with van der Waals surface area (Å²) in [5, 5.41) is 0. The van der Waals surface area contributed by atoms with Gasteiger partial charge in [0, 0.05) is 18.6 Å². The molecule has 0 fully saturated rings. The van der Waals surface area contributed by atoms with E-state index in [9.17, 15) is 4.39 Å². The fraction of sp³-hybridized carbons (Fsp3) is 0.348. The molecule has 3 nitrogen and oxygen atoms in total. The highest BCUT2D eigenvalue weighted by atomic mass is 19.1. The van der Waals surface area contributed by atoms with E-state index >= 15 is 0 Å². The van der Waals surface area contributed by atoms with Crippen molar-refractivity contribution >= 4 is 5.71 Å². The molecule has 0 radical (unpaired) electrons. The summed E-state index contributed by atoms with van der Waals surface area (Å²) in [7, 11) is 0. The lowest BCUT2D eigenvalue weighted by molar-refractivity contribution is 0.611. The smallest absolute Gasteiger partial charge is 0.173 e. The summed E-state index contributed by atoms with van der Waals surface area (Å²) in [5.41, 5.74) is 4.77. The van der Waals surface area contributed by atoms with Crippen LogP contribution >= 0.6 is 0 Å². The van der Waals surface area contributed by atoms with Crippen LogP contribution in [0.3, 0.4) is 0 Å². The lowest BCUT2D eigenvalue weighted by Crippen LogP contribution is -2.03. The highest BCUT2D eigenvalue weighted by Crippen LogP contribution is 2.29. The molecular formula is C23H28FN3. The quantitative estimate of drug-likeness (QED) is 0.428. The van der Waals surface area contributed by atoms with Gasteiger partial charge in [-0.25, -0.2) is 14.4 Å². The van der Waals surface area contributed by atoms with Crippen molar-refractivity contribution in [2.45, 2.75) is 52.9 Å². The van der Waals surface area contributed by atoms with Crippen LogP contribution in [0.25, 0.3) is 0 Å². The molecule has 2 aromatic rings. The lowest BCUT2D eigenvalue weighted by atomic mass is 9.87. The van der Waals surface area contributed by atoms with Crippen LogP contribution in [-0.4, -0.2) is 15.7 Å². The zero-order chi connectivity index (χ0) is 19.8. The number of allylic oxidation sites excluding steroid dienone is 2. The number of aromatic nitrogens is 2. The number of aliphatic imine (C=N–C) groups is 1. The van der Waals surface area contributed by atoms with Gasteiger partial charge in [0.1, 0.15) is 5.82 Å². The summed E-state index contributed by atoms with van der Waals surface area (Å²) in [5.74, 6) is 0.736. The van der Waals surface area contributed by atoms with Crippen molar-refractivity contribution in [3.05, 3.63) is 83.4 Å². The van der Waals surface area contributed by atoms with Crippen LogP contribution in [0.4, 0.5) is 4.39 Å². The van der Waals surface area contributed by atoms with E-state index in [0.717, 1.165) is 36.1 Å². The molecule has 0 aliphatic rings. The number of rotatable bonds is 8. The maximum Gasteiger partial charge on any atom is 0.173 e. The van der Waals surface area contributed by atoms with Crippen LogP contribution in [0.2, 0.25) is 0 Å². The number of nitrogens with zero attached hydrogens (tertiary/aromatic N) is 3. The molecule has 0 saturated carbocycles. The van der Waals surface area contributed by atoms with E-state index in [1.165, 1.54) is 5.56 Å². The Morgan fingerprint density at radius 2 is 2.00 bits per heavy atom. The summed E-state index contributed by atoms with van der Waals surface area (Å²) in [6, 6.07) is 5.46. The maximum atomic E-state index is 14.0. The largest absolute Gasteiger partial charge is 0.257 e. The topological polar surface area (TPSA) is 38.1 Å². The second-order valence-electron chi connectivity index (χ2n) is 6.85. The second-order valence-corrected chi connectivity index (χ2v) is 6.85. The summed E-state index contributed by atoms with van der Waals surface area (Å²) in [6.45, 7) is 11.9. The van der Waals surface area contributed by atoms with Crippen molar-refractivity contribution < 1.29 is 4.39 Å². The van der Waals surface area contributed by atoms with E-state index in [-0.39, 0.29) is 11.7 Å². The highest BCUT2D eigenvalue weighted by molar-refractivity contribution is 5.95. The zero-order valence-corrected chi connectivity index (χ0v) is 16.7. The number of aryl methyl sites for hydroxylation is 2. The SMILES string of the molecule is C=C/C(=C\N=C(/C)c1ncccn1)CC(C)c1cc(C)c(F)cc1CCC. The normalized spacial score (nSPS) is 13.5. The Kier molecular flexibility index (Phi) is 7.59. The molecule has 142 valence electrons. The van der Waals surface area contributed by atoms with Gasteiger partial charge in [0.2, 0.25) is 0 Å². The average Bonchev–Trinajstić information content (AvgIpc) is 2.68. The molecule has 1 aromatic carbocycles. The lowest BCUT2D eigenvalue weighted by Gasteiger charge is -2.18. The first-order valence-electron chi connectivity index (χ1n) is 9.38. The first kappa shape index (κ1) is 20.7. The monoisotopic (exact) mass is 365 g/mol. The molecule has 0 saturated heterocycles. The zero-order valence-electron chi connectivity index (χ0n) is 16.7. The second kappa shape index (κ2) is 9.91. The predicted molar refractivity (Wildman–Crippen MR) is 111 cm³/mol. The van der Waals surface area contributed by atoms with Crippen LogP contribution in [0.15, 0.2) is 60.0 Å². The molecule has 0 aliphatic heterocycles. The Morgan fingerprint density at radius 3 is 2.63 bits per heavy atom. The van der Waals surface area contributed by atoms with Crippen LogP contribution < -0.4 is 0 Å². The summed E-state index contributed by atoms with van der Waals surface area (Å²) < 4.78 is 14.0. The molecule has 0 N–H and O–H groups in total. The Balaban J connectivity index is 2.23. The Morgan fingerprint density at radius 1 is 1.30 bits per heavy atom. The molecule has 27 heavy (non-hydrogen) atoms. The number of benzene rings is 1. The molecule has 0 spiro atoms.